The first-order chi connectivity index (χ1) is 18.8. The van der Waals surface area contributed by atoms with Crippen LogP contribution in [0.15, 0.2) is 60.7 Å². The molecule has 2 heterocycles. The van der Waals surface area contributed by atoms with Gasteiger partial charge in [-0.2, -0.15) is 17.4 Å². The topological polar surface area (TPSA) is 102 Å². The number of ether oxygens (including phenoxy) is 1. The van der Waals surface area contributed by atoms with Gasteiger partial charge in [0.1, 0.15) is 6.04 Å². The fraction of sp³-hybridized carbons (Fsp3) is 0.345. The summed E-state index contributed by atoms with van der Waals surface area (Å²) in [5, 5.41) is 11.3. The van der Waals surface area contributed by atoms with Gasteiger partial charge in [-0.05, 0) is 66.2 Å². The molecule has 2 fully saturated rings. The highest BCUT2D eigenvalue weighted by Crippen LogP contribution is 2.24. The summed E-state index contributed by atoms with van der Waals surface area (Å²) in [6.07, 6.45) is 0. The molecular formula is C29H32N4O5S. The molecule has 0 spiro atoms. The highest BCUT2D eigenvalue weighted by Gasteiger charge is 2.29. The highest BCUT2D eigenvalue weighted by atomic mass is 32.2. The Bertz CT molecular complexity index is 1500. The summed E-state index contributed by atoms with van der Waals surface area (Å²) in [5.41, 5.74) is 4.06. The number of aliphatic carboxylic acids is 1. The summed E-state index contributed by atoms with van der Waals surface area (Å²) < 4.78 is 33.8. The van der Waals surface area contributed by atoms with E-state index in [-0.39, 0.29) is 13.1 Å². The van der Waals surface area contributed by atoms with Crippen LogP contribution in [0.4, 0.5) is 11.4 Å². The minimum atomic E-state index is -3.84. The van der Waals surface area contributed by atoms with Crippen molar-refractivity contribution in [3.8, 4) is 11.8 Å². The molecule has 0 aliphatic carbocycles. The fourth-order valence-electron chi connectivity index (χ4n) is 4.76. The predicted molar refractivity (Wildman–Crippen MR) is 152 cm³/mol. The molecule has 0 saturated carbocycles. The predicted octanol–water partition coefficient (Wildman–Crippen LogP) is 2.51. The van der Waals surface area contributed by atoms with Gasteiger partial charge in [-0.25, -0.2) is 0 Å². The summed E-state index contributed by atoms with van der Waals surface area (Å²) in [6.45, 7) is 6.24. The average molecular weight is 549 g/mol. The molecule has 2 aliphatic rings. The molecule has 10 heteroatoms. The molecule has 39 heavy (non-hydrogen) atoms. The average Bonchev–Trinajstić information content (AvgIpc) is 2.96. The number of morpholine rings is 1. The molecule has 5 rings (SSSR count). The normalized spacial score (nSPS) is 17.5. The lowest BCUT2D eigenvalue weighted by molar-refractivity contribution is -0.138. The Hall–Kier alpha value is -3.62. The summed E-state index contributed by atoms with van der Waals surface area (Å²) in [6, 6.07) is 19.5. The van der Waals surface area contributed by atoms with E-state index in [9.17, 15) is 13.2 Å². The lowest BCUT2D eigenvalue weighted by Gasteiger charge is -2.35. The van der Waals surface area contributed by atoms with Crippen LogP contribution in [0.1, 0.15) is 18.1 Å². The Morgan fingerprint density at radius 3 is 2.08 bits per heavy atom. The van der Waals surface area contributed by atoms with Gasteiger partial charge in [0, 0.05) is 61.8 Å². The third-order valence-corrected chi connectivity index (χ3v) is 8.75. The van der Waals surface area contributed by atoms with Gasteiger partial charge in [-0.1, -0.05) is 24.0 Å². The summed E-state index contributed by atoms with van der Waals surface area (Å²) >= 11 is 0. The van der Waals surface area contributed by atoms with E-state index in [0.717, 1.165) is 48.5 Å². The van der Waals surface area contributed by atoms with Crippen LogP contribution in [0.3, 0.4) is 0 Å². The van der Waals surface area contributed by atoms with Crippen molar-refractivity contribution in [2.45, 2.75) is 13.0 Å². The van der Waals surface area contributed by atoms with Crippen LogP contribution in [0.25, 0.3) is 10.8 Å². The van der Waals surface area contributed by atoms with Crippen molar-refractivity contribution in [3.63, 3.8) is 0 Å². The van der Waals surface area contributed by atoms with Crippen LogP contribution in [-0.4, -0.2) is 82.3 Å². The van der Waals surface area contributed by atoms with Crippen LogP contribution in [0.5, 0.6) is 0 Å². The number of nitrogens with zero attached hydrogens (tertiary/aromatic N) is 3. The van der Waals surface area contributed by atoms with Gasteiger partial charge in [-0.15, -0.1) is 0 Å². The molecule has 2 N–H and O–H groups in total. The van der Waals surface area contributed by atoms with Crippen molar-refractivity contribution >= 4 is 38.3 Å². The van der Waals surface area contributed by atoms with E-state index >= 15 is 0 Å². The van der Waals surface area contributed by atoms with E-state index < -0.39 is 22.2 Å². The molecule has 1 unspecified atom stereocenters. The molecule has 0 aromatic heterocycles. The van der Waals surface area contributed by atoms with Crippen LogP contribution in [0, 0.1) is 11.8 Å². The maximum absolute atomic E-state index is 12.4. The van der Waals surface area contributed by atoms with Crippen molar-refractivity contribution in [3.05, 3.63) is 71.8 Å². The minimum absolute atomic E-state index is 0.277. The third kappa shape index (κ3) is 6.52. The molecular weight excluding hydrogens is 516 g/mol. The minimum Gasteiger partial charge on any atom is -0.480 e. The lowest BCUT2D eigenvalue weighted by atomic mass is 10.1. The van der Waals surface area contributed by atoms with E-state index in [0.29, 0.717) is 13.1 Å². The maximum Gasteiger partial charge on any atom is 0.321 e. The van der Waals surface area contributed by atoms with Crippen molar-refractivity contribution < 1.29 is 23.1 Å². The van der Waals surface area contributed by atoms with Crippen molar-refractivity contribution in [2.24, 2.45) is 0 Å². The molecule has 9 nitrogen and oxygen atoms in total. The lowest BCUT2D eigenvalue weighted by Crippen LogP contribution is -2.54. The Balaban J connectivity index is 1.19. The molecule has 3 aromatic carbocycles. The smallest absolute Gasteiger partial charge is 0.321 e. The molecule has 1 atom stereocenters. The number of rotatable bonds is 6. The maximum atomic E-state index is 12.4. The molecule has 2 aliphatic heterocycles. The van der Waals surface area contributed by atoms with Crippen molar-refractivity contribution in [1.82, 2.24) is 9.03 Å². The number of carboxylic acid groups (broad SMARTS) is 1. The second-order valence-corrected chi connectivity index (χ2v) is 11.4. The van der Waals surface area contributed by atoms with E-state index in [2.05, 4.69) is 56.7 Å². The van der Waals surface area contributed by atoms with E-state index in [4.69, 9.17) is 9.84 Å². The largest absolute Gasteiger partial charge is 0.480 e. The second-order valence-electron chi connectivity index (χ2n) is 9.71. The van der Waals surface area contributed by atoms with Crippen LogP contribution in [0.2, 0.25) is 0 Å². The number of carboxylic acids is 1. The number of hydrogen-bond donors (Lipinski definition) is 2. The molecule has 204 valence electrons. The van der Waals surface area contributed by atoms with Gasteiger partial charge < -0.3 is 19.6 Å². The van der Waals surface area contributed by atoms with E-state index in [1.807, 2.05) is 30.3 Å². The van der Waals surface area contributed by atoms with E-state index in [1.54, 1.807) is 0 Å². The van der Waals surface area contributed by atoms with Gasteiger partial charge in [0.25, 0.3) is 10.2 Å². The zero-order valence-corrected chi connectivity index (χ0v) is 22.7. The first-order valence-electron chi connectivity index (χ1n) is 13.0. The van der Waals surface area contributed by atoms with Gasteiger partial charge in [-0.3, -0.25) is 4.79 Å². The first kappa shape index (κ1) is 27.0. The molecule has 0 radical (unpaired) electrons. The van der Waals surface area contributed by atoms with Crippen LogP contribution >= 0.6 is 0 Å². The molecule has 0 amide bonds. The number of nitrogens with one attached hydrogen (secondary N) is 1. The Morgan fingerprint density at radius 2 is 1.38 bits per heavy atom. The Kier molecular flexibility index (Phi) is 8.04. The second kappa shape index (κ2) is 11.6. The zero-order chi connectivity index (χ0) is 27.4. The third-order valence-electron chi connectivity index (χ3n) is 7.06. The molecule has 3 aromatic rings. The van der Waals surface area contributed by atoms with Crippen LogP contribution < -0.4 is 14.5 Å². The zero-order valence-electron chi connectivity index (χ0n) is 21.8. The number of anilines is 2. The van der Waals surface area contributed by atoms with Gasteiger partial charge >= 0.3 is 5.97 Å². The van der Waals surface area contributed by atoms with Crippen molar-refractivity contribution in [1.29, 1.82) is 0 Å². The fourth-order valence-corrected chi connectivity index (χ4v) is 6.10. The molecule has 0 bridgehead atoms. The van der Waals surface area contributed by atoms with E-state index in [1.165, 1.54) is 22.3 Å². The summed E-state index contributed by atoms with van der Waals surface area (Å²) in [5.74, 6) is 5.29. The van der Waals surface area contributed by atoms with Gasteiger partial charge in [0.05, 0.1) is 13.2 Å². The monoisotopic (exact) mass is 548 g/mol. The Labute approximate surface area is 229 Å². The standard InChI is InChI=1S/C29H32N4O5S/c1-22(29(34)35)30-39(36,37)33-14-12-31(13-15-33)27-9-5-23(6-10-27)2-3-24-4-7-26-21-28(11-8-25(26)20-24)32-16-18-38-19-17-32/h4-11,20-22,30H,12-19H2,1H3,(H,34,35). The van der Waals surface area contributed by atoms with Crippen molar-refractivity contribution in [2.75, 3.05) is 62.3 Å². The number of piperazine rings is 1. The quantitative estimate of drug-likeness (QED) is 0.457. The SMILES string of the molecule is CC(NS(=O)(=O)N1CCN(c2ccc(C#Cc3ccc4cc(N5CCOCC5)ccc4c3)cc2)CC1)C(=O)O. The summed E-state index contributed by atoms with van der Waals surface area (Å²) in [7, 11) is -3.84. The number of benzene rings is 3. The highest BCUT2D eigenvalue weighted by molar-refractivity contribution is 7.87. The van der Waals surface area contributed by atoms with Crippen LogP contribution in [-0.2, 0) is 19.7 Å². The Morgan fingerprint density at radius 1 is 0.821 bits per heavy atom. The number of fused-ring (bicyclic) bond motifs is 1. The number of hydrogen-bond acceptors (Lipinski definition) is 6. The number of carbonyl (C=O) groups is 1. The van der Waals surface area contributed by atoms with Gasteiger partial charge in [0.2, 0.25) is 0 Å². The summed E-state index contributed by atoms with van der Waals surface area (Å²) in [4.78, 5) is 15.5. The first-order valence-corrected chi connectivity index (χ1v) is 14.5. The molecule has 2 saturated heterocycles. The van der Waals surface area contributed by atoms with Gasteiger partial charge in [0.15, 0.2) is 0 Å².